The molecule has 0 N–H and O–H groups in total. The van der Waals surface area contributed by atoms with Gasteiger partial charge in [-0.15, -0.1) is 0 Å². The summed E-state index contributed by atoms with van der Waals surface area (Å²) in [4.78, 5) is 48.5. The Morgan fingerprint density at radius 2 is 1.14 bits per heavy atom. The molecule has 0 saturated heterocycles. The van der Waals surface area contributed by atoms with Gasteiger partial charge in [-0.1, -0.05) is 58.1 Å². The summed E-state index contributed by atoms with van der Waals surface area (Å²) in [5, 5.41) is 0. The van der Waals surface area contributed by atoms with E-state index in [9.17, 15) is 19.2 Å². The second-order valence-electron chi connectivity index (χ2n) is 16.7. The minimum absolute atomic E-state index is 0.0686. The summed E-state index contributed by atoms with van der Waals surface area (Å²) in [5.74, 6) is 4.65. The van der Waals surface area contributed by atoms with Crippen molar-refractivity contribution in [3.8, 4) is 0 Å². The van der Waals surface area contributed by atoms with E-state index < -0.39 is 0 Å². The van der Waals surface area contributed by atoms with Crippen LogP contribution >= 0.6 is 0 Å². The molecule has 0 amide bonds. The van der Waals surface area contributed by atoms with Crippen molar-refractivity contribution in [1.82, 2.24) is 0 Å². The van der Waals surface area contributed by atoms with E-state index in [1.54, 1.807) is 12.2 Å². The van der Waals surface area contributed by atoms with E-state index in [4.69, 9.17) is 0 Å². The molecule has 6 saturated carbocycles. The molecule has 8 aliphatic rings. The van der Waals surface area contributed by atoms with Crippen LogP contribution in [0.2, 0.25) is 0 Å². The molecule has 0 spiro atoms. The fraction of sp³-hybridized carbons (Fsp3) is 0.650. The quantitative estimate of drug-likeness (QED) is 0.283. The first-order chi connectivity index (χ1) is 20.7. The first kappa shape index (κ1) is 30.1. The Bertz CT molecular complexity index is 1470. The maximum atomic E-state index is 12.4. The van der Waals surface area contributed by atoms with Gasteiger partial charge in [-0.25, -0.2) is 0 Å². The zero-order valence-electron chi connectivity index (χ0n) is 27.3. The summed E-state index contributed by atoms with van der Waals surface area (Å²) in [6.07, 6.45) is 19.0. The molecule has 0 aromatic heterocycles. The molecule has 8 rings (SSSR count). The smallest absolute Gasteiger partial charge is 0.178 e. The molecular formula is C40H50O4. The standard InChI is InChI=1S/C20H26O2.C20H24O2/c2*1-12-10-14-15-4-5-18(22)20(15,3)9-7-16(14)19(2)8-6-13(21)11-17(12)19/h11,14-16H,1,4-10H2,2-3H3;6,8,11,14-16H,1,4-5,7,9-10H2,2-3H3/t2*14?,15?,16?,19-,20+/m11/s1. The molecule has 10 atom stereocenters. The highest BCUT2D eigenvalue weighted by molar-refractivity contribution is 6.02. The Hall–Kier alpha value is -2.62. The van der Waals surface area contributed by atoms with Crippen molar-refractivity contribution in [3.05, 3.63) is 59.8 Å². The lowest BCUT2D eigenvalue weighted by atomic mass is 9.47. The van der Waals surface area contributed by atoms with Gasteiger partial charge in [0.05, 0.1) is 0 Å². The molecule has 8 aliphatic carbocycles. The highest BCUT2D eigenvalue weighted by Gasteiger charge is 2.60. The summed E-state index contributed by atoms with van der Waals surface area (Å²) in [7, 11) is 0. The number of carbonyl (C=O) groups is 4. The van der Waals surface area contributed by atoms with Gasteiger partial charge in [0.15, 0.2) is 11.6 Å². The number of rotatable bonds is 0. The van der Waals surface area contributed by atoms with Gasteiger partial charge in [-0.3, -0.25) is 19.2 Å². The van der Waals surface area contributed by atoms with Gasteiger partial charge in [0.2, 0.25) is 0 Å². The Morgan fingerprint density at radius 3 is 1.75 bits per heavy atom. The summed E-state index contributed by atoms with van der Waals surface area (Å²) < 4.78 is 0. The molecule has 6 unspecified atom stereocenters. The summed E-state index contributed by atoms with van der Waals surface area (Å²) in [6.45, 7) is 17.6. The van der Waals surface area contributed by atoms with Crippen molar-refractivity contribution in [1.29, 1.82) is 0 Å². The Morgan fingerprint density at radius 1 is 0.614 bits per heavy atom. The van der Waals surface area contributed by atoms with Crippen molar-refractivity contribution >= 4 is 23.1 Å². The van der Waals surface area contributed by atoms with Crippen molar-refractivity contribution in [2.45, 2.75) is 105 Å². The van der Waals surface area contributed by atoms with E-state index in [2.05, 4.69) is 46.9 Å². The van der Waals surface area contributed by atoms with Gasteiger partial charge in [-0.2, -0.15) is 0 Å². The van der Waals surface area contributed by atoms with E-state index in [1.807, 2.05) is 6.08 Å². The summed E-state index contributed by atoms with van der Waals surface area (Å²) in [5.41, 5.74) is 4.52. The van der Waals surface area contributed by atoms with Gasteiger partial charge < -0.3 is 0 Å². The van der Waals surface area contributed by atoms with Crippen molar-refractivity contribution < 1.29 is 19.2 Å². The van der Waals surface area contributed by atoms with Crippen LogP contribution in [0.4, 0.5) is 0 Å². The molecule has 0 radical (unpaired) electrons. The van der Waals surface area contributed by atoms with Gasteiger partial charge >= 0.3 is 0 Å². The van der Waals surface area contributed by atoms with Gasteiger partial charge in [0, 0.05) is 35.5 Å². The van der Waals surface area contributed by atoms with E-state index >= 15 is 0 Å². The fourth-order valence-electron chi connectivity index (χ4n) is 12.3. The zero-order chi connectivity index (χ0) is 31.4. The van der Waals surface area contributed by atoms with Gasteiger partial charge in [0.25, 0.3) is 0 Å². The number of carbonyl (C=O) groups excluding carboxylic acids is 4. The summed E-state index contributed by atoms with van der Waals surface area (Å²) in [6, 6.07) is 0. The van der Waals surface area contributed by atoms with Crippen LogP contribution in [0, 0.1) is 57.2 Å². The highest BCUT2D eigenvalue weighted by atomic mass is 16.1. The summed E-state index contributed by atoms with van der Waals surface area (Å²) >= 11 is 0. The second kappa shape index (κ2) is 9.94. The predicted octanol–water partition coefficient (Wildman–Crippen LogP) is 8.28. The molecule has 0 aromatic carbocycles. The van der Waals surface area contributed by atoms with E-state index in [0.717, 1.165) is 81.8 Å². The monoisotopic (exact) mass is 594 g/mol. The number of ketones is 4. The first-order valence-electron chi connectivity index (χ1n) is 17.4. The Balaban J connectivity index is 0.000000142. The molecule has 44 heavy (non-hydrogen) atoms. The molecule has 0 heterocycles. The largest absolute Gasteiger partial charge is 0.299 e. The van der Waals surface area contributed by atoms with Crippen molar-refractivity contribution in [2.75, 3.05) is 0 Å². The molecule has 234 valence electrons. The molecule has 4 heteroatoms. The molecule has 4 nitrogen and oxygen atoms in total. The lowest BCUT2D eigenvalue weighted by Gasteiger charge is -2.57. The van der Waals surface area contributed by atoms with Crippen LogP contribution in [0.1, 0.15) is 105 Å². The minimum Gasteiger partial charge on any atom is -0.299 e. The van der Waals surface area contributed by atoms with Crippen molar-refractivity contribution in [2.24, 2.45) is 57.2 Å². The van der Waals surface area contributed by atoms with E-state index in [1.165, 1.54) is 11.1 Å². The van der Waals surface area contributed by atoms with Crippen LogP contribution in [0.5, 0.6) is 0 Å². The predicted molar refractivity (Wildman–Crippen MR) is 172 cm³/mol. The normalized spacial score (nSPS) is 47.3. The first-order valence-corrected chi connectivity index (χ1v) is 17.4. The zero-order valence-corrected chi connectivity index (χ0v) is 27.3. The average molecular weight is 595 g/mol. The average Bonchev–Trinajstić information content (AvgIpc) is 3.46. The third kappa shape index (κ3) is 4.07. The van der Waals surface area contributed by atoms with Crippen molar-refractivity contribution in [3.63, 3.8) is 0 Å². The van der Waals surface area contributed by atoms with E-state index in [-0.39, 0.29) is 33.2 Å². The third-order valence-corrected chi connectivity index (χ3v) is 14.9. The van der Waals surface area contributed by atoms with Crippen LogP contribution in [0.3, 0.4) is 0 Å². The number of hydrogen-bond acceptors (Lipinski definition) is 4. The number of fused-ring (bicyclic) bond motifs is 10. The second-order valence-corrected chi connectivity index (χ2v) is 16.7. The van der Waals surface area contributed by atoms with Crippen LogP contribution < -0.4 is 0 Å². The van der Waals surface area contributed by atoms with Gasteiger partial charge in [-0.05, 0) is 128 Å². The maximum Gasteiger partial charge on any atom is 0.178 e. The number of allylic oxidation sites excluding steroid dienone is 7. The molecule has 6 fully saturated rings. The topological polar surface area (TPSA) is 68.3 Å². The highest BCUT2D eigenvalue weighted by Crippen LogP contribution is 2.66. The number of hydrogen-bond donors (Lipinski definition) is 0. The van der Waals surface area contributed by atoms with Crippen LogP contribution in [-0.2, 0) is 19.2 Å². The van der Waals surface area contributed by atoms with Gasteiger partial charge in [0.1, 0.15) is 11.6 Å². The van der Waals surface area contributed by atoms with Crippen LogP contribution in [0.15, 0.2) is 59.8 Å². The SMILES string of the molecule is C=C1CC2C(CC[C@]3(C)C(=O)CCC23)[C@@]2(C)C=CC(=O)C=C12.C=C1CC2C(CC[C@]3(C)C(=O)CCC23)[C@@]2(C)CCC(=O)C=C12. The van der Waals surface area contributed by atoms with Crippen LogP contribution in [-0.4, -0.2) is 23.1 Å². The lowest BCUT2D eigenvalue weighted by Crippen LogP contribution is -2.51. The van der Waals surface area contributed by atoms with E-state index in [0.29, 0.717) is 53.5 Å². The lowest BCUT2D eigenvalue weighted by molar-refractivity contribution is -0.132. The Kier molecular flexibility index (Phi) is 6.79. The fourth-order valence-corrected chi connectivity index (χ4v) is 12.3. The molecular weight excluding hydrogens is 544 g/mol. The number of Topliss-reactive ketones (excluding diaryl/α,β-unsaturated/α-hetero) is 2. The minimum atomic E-state index is -0.104. The maximum absolute atomic E-state index is 12.4. The molecule has 0 aromatic rings. The molecule has 0 bridgehead atoms. The third-order valence-electron chi connectivity index (χ3n) is 14.9. The molecule has 0 aliphatic heterocycles. The van der Waals surface area contributed by atoms with Crippen LogP contribution in [0.25, 0.3) is 0 Å². The Labute approximate surface area is 263 Å².